The first kappa shape index (κ1) is 13.4. The van der Waals surface area contributed by atoms with E-state index < -0.39 is 0 Å². The average molecular weight is 279 g/mol. The van der Waals surface area contributed by atoms with E-state index >= 15 is 0 Å². The van der Waals surface area contributed by atoms with Gasteiger partial charge in [-0.2, -0.15) is 0 Å². The molecule has 0 aliphatic carbocycles. The van der Waals surface area contributed by atoms with Gasteiger partial charge in [-0.3, -0.25) is 0 Å². The monoisotopic (exact) mass is 279 g/mol. The Kier molecular flexibility index (Phi) is 3.73. The molecule has 0 fully saturated rings. The molecule has 0 aromatic heterocycles. The standard InChI is InChI=1S/C18H17NO2/c1-21-16-5-2-13(3-6-16)10-14-4-7-17-15(11-14)8-9-19-18(17)12-20/h2-9,11-12,18-19H,10H2,1H3. The third kappa shape index (κ3) is 2.82. The van der Waals surface area contributed by atoms with Crippen molar-refractivity contribution < 1.29 is 9.53 Å². The summed E-state index contributed by atoms with van der Waals surface area (Å²) in [6.45, 7) is 0. The maximum atomic E-state index is 11.1. The van der Waals surface area contributed by atoms with Gasteiger partial charge in [0.2, 0.25) is 0 Å². The van der Waals surface area contributed by atoms with Crippen LogP contribution in [-0.2, 0) is 11.2 Å². The van der Waals surface area contributed by atoms with Gasteiger partial charge in [-0.1, -0.05) is 30.3 Å². The number of carbonyl (C=O) groups is 1. The lowest BCUT2D eigenvalue weighted by Gasteiger charge is -2.19. The van der Waals surface area contributed by atoms with Gasteiger partial charge in [0, 0.05) is 0 Å². The van der Waals surface area contributed by atoms with Crippen molar-refractivity contribution in [1.82, 2.24) is 5.32 Å². The van der Waals surface area contributed by atoms with Crippen molar-refractivity contribution in [1.29, 1.82) is 0 Å². The number of fused-ring (bicyclic) bond motifs is 1. The van der Waals surface area contributed by atoms with Crippen LogP contribution in [0, 0.1) is 0 Å². The first-order valence-corrected chi connectivity index (χ1v) is 6.94. The summed E-state index contributed by atoms with van der Waals surface area (Å²) in [6, 6.07) is 14.1. The highest BCUT2D eigenvalue weighted by molar-refractivity contribution is 5.70. The molecule has 1 aliphatic rings. The maximum Gasteiger partial charge on any atom is 0.146 e. The summed E-state index contributed by atoms with van der Waals surface area (Å²) in [5.74, 6) is 0.868. The third-order valence-corrected chi connectivity index (χ3v) is 3.73. The Morgan fingerprint density at radius 3 is 2.62 bits per heavy atom. The van der Waals surface area contributed by atoms with Gasteiger partial charge in [0.25, 0.3) is 0 Å². The van der Waals surface area contributed by atoms with E-state index in [1.807, 2.05) is 30.5 Å². The number of rotatable bonds is 4. The van der Waals surface area contributed by atoms with Crippen molar-refractivity contribution in [3.05, 3.63) is 70.9 Å². The number of benzene rings is 2. The molecule has 2 aromatic rings. The summed E-state index contributed by atoms with van der Waals surface area (Å²) in [7, 11) is 1.67. The van der Waals surface area contributed by atoms with Crippen LogP contribution in [-0.4, -0.2) is 13.4 Å². The van der Waals surface area contributed by atoms with Gasteiger partial charge in [-0.25, -0.2) is 0 Å². The number of methoxy groups -OCH3 is 1. The Morgan fingerprint density at radius 2 is 1.90 bits per heavy atom. The smallest absolute Gasteiger partial charge is 0.146 e. The largest absolute Gasteiger partial charge is 0.497 e. The SMILES string of the molecule is COc1ccc(Cc2ccc3c(c2)C=CNC3C=O)cc1. The predicted molar refractivity (Wildman–Crippen MR) is 83.2 cm³/mol. The van der Waals surface area contributed by atoms with Gasteiger partial charge in [-0.05, 0) is 53.1 Å². The number of hydrogen-bond donors (Lipinski definition) is 1. The number of hydrogen-bond acceptors (Lipinski definition) is 3. The number of carbonyl (C=O) groups excluding carboxylic acids is 1. The lowest BCUT2D eigenvalue weighted by molar-refractivity contribution is -0.109. The van der Waals surface area contributed by atoms with E-state index in [1.165, 1.54) is 11.1 Å². The molecule has 3 heteroatoms. The summed E-state index contributed by atoms with van der Waals surface area (Å²) in [5, 5.41) is 3.04. The van der Waals surface area contributed by atoms with Gasteiger partial charge in [0.15, 0.2) is 0 Å². The minimum Gasteiger partial charge on any atom is -0.497 e. The van der Waals surface area contributed by atoms with E-state index in [1.54, 1.807) is 7.11 Å². The lowest BCUT2D eigenvalue weighted by atomic mass is 9.94. The molecule has 0 saturated heterocycles. The minimum absolute atomic E-state index is 0.236. The molecule has 0 bridgehead atoms. The molecule has 0 spiro atoms. The van der Waals surface area contributed by atoms with Gasteiger partial charge >= 0.3 is 0 Å². The van der Waals surface area contributed by atoms with E-state index in [-0.39, 0.29) is 6.04 Å². The molecule has 0 radical (unpaired) electrons. The summed E-state index contributed by atoms with van der Waals surface area (Å²) in [5.41, 5.74) is 4.61. The van der Waals surface area contributed by atoms with Gasteiger partial charge in [0.1, 0.15) is 18.1 Å². The van der Waals surface area contributed by atoms with Gasteiger partial charge < -0.3 is 14.8 Å². The number of ether oxygens (including phenoxy) is 1. The molecule has 1 N–H and O–H groups in total. The first-order chi connectivity index (χ1) is 10.3. The van der Waals surface area contributed by atoms with Crippen molar-refractivity contribution in [2.24, 2.45) is 0 Å². The van der Waals surface area contributed by atoms with Gasteiger partial charge in [-0.15, -0.1) is 0 Å². The first-order valence-electron chi connectivity index (χ1n) is 6.94. The second-order valence-electron chi connectivity index (χ2n) is 5.10. The molecule has 1 heterocycles. The number of nitrogens with one attached hydrogen (secondary N) is 1. The molecular formula is C18H17NO2. The average Bonchev–Trinajstić information content (AvgIpc) is 2.54. The highest BCUT2D eigenvalue weighted by atomic mass is 16.5. The van der Waals surface area contributed by atoms with Crippen LogP contribution in [0.25, 0.3) is 6.08 Å². The van der Waals surface area contributed by atoms with Crippen LogP contribution in [0.3, 0.4) is 0 Å². The van der Waals surface area contributed by atoms with E-state index in [2.05, 4.69) is 29.6 Å². The van der Waals surface area contributed by atoms with Crippen LogP contribution < -0.4 is 10.1 Å². The van der Waals surface area contributed by atoms with Crippen LogP contribution in [0.4, 0.5) is 0 Å². The van der Waals surface area contributed by atoms with E-state index in [0.717, 1.165) is 29.6 Å². The normalized spacial score (nSPS) is 16.0. The van der Waals surface area contributed by atoms with Crippen molar-refractivity contribution in [2.75, 3.05) is 7.11 Å². The molecule has 1 aliphatic heterocycles. The second kappa shape index (κ2) is 5.83. The zero-order chi connectivity index (χ0) is 14.7. The predicted octanol–water partition coefficient (Wildman–Crippen LogP) is 3.10. The van der Waals surface area contributed by atoms with Crippen molar-refractivity contribution in [2.45, 2.75) is 12.5 Å². The third-order valence-electron chi connectivity index (χ3n) is 3.73. The van der Waals surface area contributed by atoms with Crippen LogP contribution in [0.2, 0.25) is 0 Å². The van der Waals surface area contributed by atoms with Crippen LogP contribution in [0.15, 0.2) is 48.7 Å². The van der Waals surface area contributed by atoms with Crippen LogP contribution in [0.1, 0.15) is 28.3 Å². The molecule has 0 amide bonds. The van der Waals surface area contributed by atoms with Gasteiger partial charge in [0.05, 0.1) is 7.11 Å². The molecule has 2 aromatic carbocycles. The molecule has 1 atom stereocenters. The lowest BCUT2D eigenvalue weighted by Crippen LogP contribution is -2.20. The molecule has 3 rings (SSSR count). The molecule has 21 heavy (non-hydrogen) atoms. The zero-order valence-corrected chi connectivity index (χ0v) is 11.9. The van der Waals surface area contributed by atoms with E-state index in [9.17, 15) is 4.79 Å². The van der Waals surface area contributed by atoms with Crippen molar-refractivity contribution >= 4 is 12.4 Å². The summed E-state index contributed by atoms with van der Waals surface area (Å²) in [6.07, 6.45) is 5.64. The fourth-order valence-electron chi connectivity index (χ4n) is 2.58. The summed E-state index contributed by atoms with van der Waals surface area (Å²) < 4.78 is 5.17. The Balaban J connectivity index is 1.83. The Hall–Kier alpha value is -2.55. The van der Waals surface area contributed by atoms with Crippen LogP contribution in [0.5, 0.6) is 5.75 Å². The topological polar surface area (TPSA) is 38.3 Å². The zero-order valence-electron chi connectivity index (χ0n) is 11.9. The Bertz CT molecular complexity index is 674. The quantitative estimate of drug-likeness (QED) is 0.874. The molecular weight excluding hydrogens is 262 g/mol. The minimum atomic E-state index is -0.236. The molecule has 106 valence electrons. The fourth-order valence-corrected chi connectivity index (χ4v) is 2.58. The Labute approximate surface area is 124 Å². The van der Waals surface area contributed by atoms with E-state index in [4.69, 9.17) is 4.74 Å². The van der Waals surface area contributed by atoms with E-state index in [0.29, 0.717) is 0 Å². The molecule has 3 nitrogen and oxygen atoms in total. The Morgan fingerprint density at radius 1 is 1.14 bits per heavy atom. The fraction of sp³-hybridized carbons (Fsp3) is 0.167. The summed E-state index contributed by atoms with van der Waals surface area (Å²) in [4.78, 5) is 11.1. The molecule has 1 unspecified atom stereocenters. The highest BCUT2D eigenvalue weighted by Crippen LogP contribution is 2.24. The second-order valence-corrected chi connectivity index (χ2v) is 5.10. The molecule has 0 saturated carbocycles. The number of aldehydes is 1. The highest BCUT2D eigenvalue weighted by Gasteiger charge is 2.15. The van der Waals surface area contributed by atoms with Crippen molar-refractivity contribution in [3.63, 3.8) is 0 Å². The summed E-state index contributed by atoms with van der Waals surface area (Å²) >= 11 is 0. The maximum absolute atomic E-state index is 11.1. The van der Waals surface area contributed by atoms with Crippen molar-refractivity contribution in [3.8, 4) is 5.75 Å². The van der Waals surface area contributed by atoms with Crippen LogP contribution >= 0.6 is 0 Å².